The third kappa shape index (κ3) is 1.59. The highest BCUT2D eigenvalue weighted by Gasteiger charge is 2.37. The molecule has 1 heterocycles. The Hall–Kier alpha value is -0.820. The molecule has 1 aliphatic heterocycles. The van der Waals surface area contributed by atoms with E-state index in [0.29, 0.717) is 5.41 Å². The van der Waals surface area contributed by atoms with Crippen molar-refractivity contribution in [1.29, 1.82) is 0 Å². The van der Waals surface area contributed by atoms with Crippen LogP contribution >= 0.6 is 0 Å². The van der Waals surface area contributed by atoms with E-state index < -0.39 is 0 Å². The molecule has 2 aliphatic rings. The third-order valence-corrected chi connectivity index (χ3v) is 3.78. The largest absolute Gasteiger partial charge is 0.295 e. The molecule has 0 aromatic heterocycles. The number of rotatable bonds is 1. The van der Waals surface area contributed by atoms with Gasteiger partial charge in [0.1, 0.15) is 0 Å². The minimum Gasteiger partial charge on any atom is -0.295 e. The van der Waals surface area contributed by atoms with E-state index in [9.17, 15) is 0 Å². The second kappa shape index (κ2) is 3.08. The highest BCUT2D eigenvalue weighted by Crippen LogP contribution is 2.38. The molecule has 0 radical (unpaired) electrons. The molecule has 1 nitrogen and oxygen atoms in total. The molecular weight excluding hydrogens is 182 g/mol. The lowest BCUT2D eigenvalue weighted by molar-refractivity contribution is 0.185. The Kier molecular flexibility index (Phi) is 1.93. The molecule has 3 rings (SSSR count). The fourth-order valence-electron chi connectivity index (χ4n) is 2.88. The Bertz CT molecular complexity index is 377. The van der Waals surface area contributed by atoms with E-state index in [0.717, 1.165) is 6.04 Å². The second-order valence-corrected chi connectivity index (χ2v) is 5.68. The summed E-state index contributed by atoms with van der Waals surface area (Å²) in [5, 5.41) is 0. The van der Waals surface area contributed by atoms with Crippen LogP contribution < -0.4 is 0 Å². The number of nitrogens with zero attached hydrogens (tertiary/aromatic N) is 1. The molecule has 15 heavy (non-hydrogen) atoms. The highest BCUT2D eigenvalue weighted by molar-refractivity contribution is 5.36. The van der Waals surface area contributed by atoms with Crippen LogP contribution in [-0.4, -0.2) is 17.5 Å². The highest BCUT2D eigenvalue weighted by atomic mass is 15.2. The molecule has 0 unspecified atom stereocenters. The van der Waals surface area contributed by atoms with Crippen molar-refractivity contribution in [2.45, 2.75) is 44.7 Å². The lowest BCUT2D eigenvalue weighted by atomic mass is 9.78. The van der Waals surface area contributed by atoms with E-state index in [2.05, 4.69) is 43.0 Å². The van der Waals surface area contributed by atoms with E-state index in [1.54, 1.807) is 11.1 Å². The quantitative estimate of drug-likeness (QED) is 0.675. The molecular formula is C14H19N. The van der Waals surface area contributed by atoms with Crippen molar-refractivity contribution in [1.82, 2.24) is 4.90 Å². The average molecular weight is 201 g/mol. The zero-order chi connectivity index (χ0) is 10.5. The monoisotopic (exact) mass is 201 g/mol. The van der Waals surface area contributed by atoms with Crippen LogP contribution in [0.1, 0.15) is 37.8 Å². The van der Waals surface area contributed by atoms with E-state index in [1.165, 1.54) is 25.9 Å². The summed E-state index contributed by atoms with van der Waals surface area (Å²) in [6.07, 6.45) is 2.83. The van der Waals surface area contributed by atoms with Crippen molar-refractivity contribution in [3.05, 3.63) is 35.4 Å². The topological polar surface area (TPSA) is 3.24 Å². The van der Waals surface area contributed by atoms with Gasteiger partial charge in [0.25, 0.3) is 0 Å². The van der Waals surface area contributed by atoms with Crippen molar-refractivity contribution < 1.29 is 0 Å². The maximum Gasteiger partial charge on any atom is 0.0239 e. The van der Waals surface area contributed by atoms with Gasteiger partial charge in [-0.25, -0.2) is 0 Å². The number of hydrogen-bond acceptors (Lipinski definition) is 1. The van der Waals surface area contributed by atoms with Gasteiger partial charge in [0.05, 0.1) is 0 Å². The molecule has 0 spiro atoms. The fraction of sp³-hybridized carbons (Fsp3) is 0.571. The van der Waals surface area contributed by atoms with Crippen molar-refractivity contribution in [2.24, 2.45) is 0 Å². The van der Waals surface area contributed by atoms with Crippen molar-refractivity contribution >= 4 is 0 Å². The van der Waals surface area contributed by atoms with Crippen molar-refractivity contribution in [3.8, 4) is 0 Å². The minimum atomic E-state index is 0.331. The summed E-state index contributed by atoms with van der Waals surface area (Å²) < 4.78 is 0. The van der Waals surface area contributed by atoms with Gasteiger partial charge in [-0.15, -0.1) is 0 Å². The maximum atomic E-state index is 2.67. The second-order valence-electron chi connectivity index (χ2n) is 5.68. The van der Waals surface area contributed by atoms with Crippen molar-refractivity contribution in [2.75, 3.05) is 6.54 Å². The normalized spacial score (nSPS) is 24.9. The lowest BCUT2D eigenvalue weighted by Gasteiger charge is -2.40. The molecule has 1 aromatic rings. The molecule has 1 fully saturated rings. The molecule has 1 aromatic carbocycles. The third-order valence-electron chi connectivity index (χ3n) is 3.78. The van der Waals surface area contributed by atoms with Gasteiger partial charge in [-0.1, -0.05) is 38.1 Å². The summed E-state index contributed by atoms with van der Waals surface area (Å²) in [5.74, 6) is 0. The number of benzene rings is 1. The molecule has 0 bridgehead atoms. The van der Waals surface area contributed by atoms with Crippen LogP contribution in [0.15, 0.2) is 24.3 Å². The van der Waals surface area contributed by atoms with Crippen LogP contribution in [-0.2, 0) is 12.0 Å². The molecule has 0 amide bonds. The maximum absolute atomic E-state index is 2.67. The Morgan fingerprint density at radius 1 is 1.20 bits per heavy atom. The molecule has 0 N–H and O–H groups in total. The van der Waals surface area contributed by atoms with E-state index in [-0.39, 0.29) is 0 Å². The van der Waals surface area contributed by atoms with Crippen LogP contribution in [0.5, 0.6) is 0 Å². The summed E-state index contributed by atoms with van der Waals surface area (Å²) in [6.45, 7) is 7.15. The number of hydrogen-bond donors (Lipinski definition) is 0. The fourth-order valence-corrected chi connectivity index (χ4v) is 2.88. The van der Waals surface area contributed by atoms with Crippen molar-refractivity contribution in [3.63, 3.8) is 0 Å². The zero-order valence-corrected chi connectivity index (χ0v) is 9.66. The first-order chi connectivity index (χ1) is 7.17. The first-order valence-corrected chi connectivity index (χ1v) is 5.99. The average Bonchev–Trinajstić information content (AvgIpc) is 2.99. The summed E-state index contributed by atoms with van der Waals surface area (Å²) in [7, 11) is 0. The molecule has 1 saturated carbocycles. The smallest absolute Gasteiger partial charge is 0.0239 e. The lowest BCUT2D eigenvalue weighted by Crippen LogP contribution is -2.43. The van der Waals surface area contributed by atoms with Gasteiger partial charge in [-0.05, 0) is 24.0 Å². The first-order valence-electron chi connectivity index (χ1n) is 5.99. The van der Waals surface area contributed by atoms with Gasteiger partial charge in [0, 0.05) is 24.5 Å². The molecule has 0 saturated heterocycles. The van der Waals surface area contributed by atoms with E-state index in [1.807, 2.05) is 0 Å². The summed E-state index contributed by atoms with van der Waals surface area (Å²) in [6, 6.07) is 9.83. The minimum absolute atomic E-state index is 0.331. The van der Waals surface area contributed by atoms with Gasteiger partial charge >= 0.3 is 0 Å². The van der Waals surface area contributed by atoms with Crippen LogP contribution in [0.4, 0.5) is 0 Å². The van der Waals surface area contributed by atoms with Crippen LogP contribution in [0, 0.1) is 0 Å². The first kappa shape index (κ1) is 9.41. The number of fused-ring (bicyclic) bond motifs is 1. The predicted molar refractivity (Wildman–Crippen MR) is 62.9 cm³/mol. The van der Waals surface area contributed by atoms with Gasteiger partial charge in [0.15, 0.2) is 0 Å². The molecule has 0 atom stereocenters. The van der Waals surface area contributed by atoms with Gasteiger partial charge in [-0.3, -0.25) is 4.90 Å². The Balaban J connectivity index is 1.99. The van der Waals surface area contributed by atoms with Crippen LogP contribution in [0.2, 0.25) is 0 Å². The summed E-state index contributed by atoms with van der Waals surface area (Å²) >= 11 is 0. The SMILES string of the molecule is CC1(C)CN(C2CC2)Cc2ccccc21. The Morgan fingerprint density at radius 2 is 1.93 bits per heavy atom. The summed E-state index contributed by atoms with van der Waals surface area (Å²) in [5.41, 5.74) is 3.43. The zero-order valence-electron chi connectivity index (χ0n) is 9.66. The Morgan fingerprint density at radius 3 is 2.67 bits per heavy atom. The van der Waals surface area contributed by atoms with E-state index in [4.69, 9.17) is 0 Å². The van der Waals surface area contributed by atoms with Gasteiger partial charge < -0.3 is 0 Å². The van der Waals surface area contributed by atoms with Crippen LogP contribution in [0.3, 0.4) is 0 Å². The van der Waals surface area contributed by atoms with Gasteiger partial charge in [0.2, 0.25) is 0 Å². The van der Waals surface area contributed by atoms with E-state index >= 15 is 0 Å². The predicted octanol–water partition coefficient (Wildman–Crippen LogP) is 2.94. The molecule has 1 heteroatoms. The molecule has 1 aliphatic carbocycles. The van der Waals surface area contributed by atoms with Crippen LogP contribution in [0.25, 0.3) is 0 Å². The standard InChI is InChI=1S/C14H19N/c1-14(2)10-15(12-7-8-12)9-11-5-3-4-6-13(11)14/h3-6,12H,7-10H2,1-2H3. The molecule has 80 valence electrons. The Labute approximate surface area is 92.1 Å². The summed E-state index contributed by atoms with van der Waals surface area (Å²) in [4.78, 5) is 2.67. The van der Waals surface area contributed by atoms with Gasteiger partial charge in [-0.2, -0.15) is 0 Å².